The molecule has 4 heterocycles. The fraction of sp³-hybridized carbons (Fsp3) is 0.367. The van der Waals surface area contributed by atoms with Gasteiger partial charge in [-0.25, -0.2) is 14.4 Å². The number of rotatable bonds is 5. The van der Waals surface area contributed by atoms with Gasteiger partial charge in [0.05, 0.1) is 29.7 Å². The lowest BCUT2D eigenvalue weighted by atomic mass is 9.88. The zero-order valence-corrected chi connectivity index (χ0v) is 22.7. The van der Waals surface area contributed by atoms with E-state index in [-0.39, 0.29) is 23.6 Å². The van der Waals surface area contributed by atoms with Gasteiger partial charge in [-0.05, 0) is 48.7 Å². The molecule has 9 heteroatoms. The van der Waals surface area contributed by atoms with Crippen LogP contribution < -0.4 is 0 Å². The van der Waals surface area contributed by atoms with Crippen LogP contribution in [-0.2, 0) is 29.3 Å². The molecule has 4 aromatic rings. The number of imidazole rings is 1. The minimum atomic E-state index is -1.12. The highest BCUT2D eigenvalue weighted by atomic mass is 19.1. The fourth-order valence-electron chi connectivity index (χ4n) is 4.75. The maximum absolute atomic E-state index is 13.2. The van der Waals surface area contributed by atoms with Gasteiger partial charge in [0.2, 0.25) is 5.91 Å². The SMILES string of the molecule is Cn1cc(C2(O)CCN(C(=O)Cc3ccc(-c4ccc(F)cc4)nc3)CC2)nc1-c1cnc(C(C)(C)C)cn1. The summed E-state index contributed by atoms with van der Waals surface area (Å²) in [4.78, 5) is 33.0. The van der Waals surface area contributed by atoms with E-state index >= 15 is 0 Å². The molecule has 1 fully saturated rings. The maximum atomic E-state index is 13.2. The summed E-state index contributed by atoms with van der Waals surface area (Å²) in [7, 11) is 1.88. The molecule has 1 aliphatic heterocycles. The predicted octanol–water partition coefficient (Wildman–Crippen LogP) is 4.43. The fourth-order valence-corrected chi connectivity index (χ4v) is 4.75. The average molecular weight is 529 g/mol. The van der Waals surface area contributed by atoms with Crippen molar-refractivity contribution in [2.45, 2.75) is 51.0 Å². The number of hydrogen-bond acceptors (Lipinski definition) is 6. The Kier molecular flexibility index (Phi) is 7.03. The number of piperidine rings is 1. The normalized spacial score (nSPS) is 15.4. The van der Waals surface area contributed by atoms with Gasteiger partial charge in [-0.2, -0.15) is 0 Å². The molecule has 5 rings (SSSR count). The molecule has 3 aromatic heterocycles. The van der Waals surface area contributed by atoms with Crippen molar-refractivity contribution in [2.24, 2.45) is 7.05 Å². The van der Waals surface area contributed by atoms with Gasteiger partial charge in [0.25, 0.3) is 0 Å². The van der Waals surface area contributed by atoms with E-state index < -0.39 is 5.60 Å². The third-order valence-electron chi connectivity index (χ3n) is 7.27. The lowest BCUT2D eigenvalue weighted by Crippen LogP contribution is -2.45. The first-order valence-corrected chi connectivity index (χ1v) is 13.1. The summed E-state index contributed by atoms with van der Waals surface area (Å²) in [6, 6.07) is 9.86. The van der Waals surface area contributed by atoms with Crippen LogP contribution in [0.25, 0.3) is 22.8 Å². The van der Waals surface area contributed by atoms with Crippen LogP contribution in [-0.4, -0.2) is 53.5 Å². The highest BCUT2D eigenvalue weighted by molar-refractivity contribution is 5.79. The first kappa shape index (κ1) is 26.6. The molecule has 0 spiro atoms. The van der Waals surface area contributed by atoms with E-state index in [1.165, 1.54) is 12.1 Å². The number of halogens is 1. The molecular formula is C30H33FN6O2. The van der Waals surface area contributed by atoms with Gasteiger partial charge in [-0.3, -0.25) is 14.8 Å². The van der Waals surface area contributed by atoms with Crippen molar-refractivity contribution < 1.29 is 14.3 Å². The largest absolute Gasteiger partial charge is 0.383 e. The van der Waals surface area contributed by atoms with Gasteiger partial charge >= 0.3 is 0 Å². The molecule has 0 saturated carbocycles. The lowest BCUT2D eigenvalue weighted by Gasteiger charge is -2.37. The average Bonchev–Trinajstić information content (AvgIpc) is 3.32. The molecular weight excluding hydrogens is 495 g/mol. The Labute approximate surface area is 227 Å². The number of likely N-dealkylation sites (tertiary alicyclic amines) is 1. The van der Waals surface area contributed by atoms with Gasteiger partial charge < -0.3 is 14.6 Å². The number of carbonyl (C=O) groups excluding carboxylic acids is 1. The molecule has 1 N–H and O–H groups in total. The zero-order chi connectivity index (χ0) is 27.8. The van der Waals surface area contributed by atoms with Crippen molar-refractivity contribution in [2.75, 3.05) is 13.1 Å². The van der Waals surface area contributed by atoms with E-state index in [2.05, 4.69) is 35.7 Å². The van der Waals surface area contributed by atoms with Crippen LogP contribution in [0.3, 0.4) is 0 Å². The topological polar surface area (TPSA) is 97.0 Å². The third-order valence-corrected chi connectivity index (χ3v) is 7.27. The van der Waals surface area contributed by atoms with Crippen molar-refractivity contribution in [3.63, 3.8) is 0 Å². The second-order valence-electron chi connectivity index (χ2n) is 11.2. The molecule has 1 aliphatic rings. The van der Waals surface area contributed by atoms with E-state index in [4.69, 9.17) is 4.98 Å². The molecule has 8 nitrogen and oxygen atoms in total. The van der Waals surface area contributed by atoms with Gasteiger partial charge in [-0.1, -0.05) is 26.8 Å². The monoisotopic (exact) mass is 528 g/mol. The van der Waals surface area contributed by atoms with Crippen molar-refractivity contribution in [1.29, 1.82) is 0 Å². The van der Waals surface area contributed by atoms with Crippen molar-refractivity contribution in [1.82, 2.24) is 29.4 Å². The Balaban J connectivity index is 1.21. The quantitative estimate of drug-likeness (QED) is 0.412. The molecule has 0 unspecified atom stereocenters. The van der Waals surface area contributed by atoms with Crippen LogP contribution in [0, 0.1) is 5.82 Å². The Hall–Kier alpha value is -3.98. The van der Waals surface area contributed by atoms with E-state index in [0.717, 1.165) is 22.5 Å². The summed E-state index contributed by atoms with van der Waals surface area (Å²) < 4.78 is 15.0. The first-order chi connectivity index (χ1) is 18.5. The number of aromatic nitrogens is 5. The lowest BCUT2D eigenvalue weighted by molar-refractivity contribution is -0.135. The Morgan fingerprint density at radius 1 is 0.974 bits per heavy atom. The molecule has 0 radical (unpaired) electrons. The number of nitrogens with zero attached hydrogens (tertiary/aromatic N) is 6. The molecule has 202 valence electrons. The zero-order valence-electron chi connectivity index (χ0n) is 22.7. The van der Waals surface area contributed by atoms with Crippen LogP contribution in [0.1, 0.15) is 50.6 Å². The number of aliphatic hydroxyl groups is 1. The highest BCUT2D eigenvalue weighted by Gasteiger charge is 2.38. The van der Waals surface area contributed by atoms with Gasteiger partial charge in [0, 0.05) is 49.7 Å². The molecule has 1 aromatic carbocycles. The van der Waals surface area contributed by atoms with Crippen molar-refractivity contribution in [3.8, 4) is 22.8 Å². The van der Waals surface area contributed by atoms with Gasteiger partial charge in [0.1, 0.15) is 17.1 Å². The molecule has 0 bridgehead atoms. The number of benzene rings is 1. The number of hydrogen-bond donors (Lipinski definition) is 1. The minimum absolute atomic E-state index is 0.00990. The summed E-state index contributed by atoms with van der Waals surface area (Å²) in [5, 5.41) is 11.4. The number of carbonyl (C=O) groups is 1. The predicted molar refractivity (Wildman–Crippen MR) is 146 cm³/mol. The highest BCUT2D eigenvalue weighted by Crippen LogP contribution is 2.34. The van der Waals surface area contributed by atoms with Gasteiger partial charge in [-0.15, -0.1) is 0 Å². The molecule has 1 saturated heterocycles. The number of amides is 1. The van der Waals surface area contributed by atoms with Gasteiger partial charge in [0.15, 0.2) is 5.82 Å². The Morgan fingerprint density at radius 2 is 1.67 bits per heavy atom. The molecule has 39 heavy (non-hydrogen) atoms. The summed E-state index contributed by atoms with van der Waals surface area (Å²) >= 11 is 0. The maximum Gasteiger partial charge on any atom is 0.227 e. The summed E-state index contributed by atoms with van der Waals surface area (Å²) in [6.07, 6.45) is 8.03. The van der Waals surface area contributed by atoms with E-state index in [1.807, 2.05) is 29.9 Å². The number of pyridine rings is 1. The molecule has 0 atom stereocenters. The summed E-state index contributed by atoms with van der Waals surface area (Å²) in [5.74, 6) is 0.337. The van der Waals surface area contributed by atoms with Crippen molar-refractivity contribution >= 4 is 5.91 Å². The molecule has 1 amide bonds. The second kappa shape index (κ2) is 10.3. The minimum Gasteiger partial charge on any atom is -0.383 e. The Morgan fingerprint density at radius 3 is 2.26 bits per heavy atom. The van der Waals surface area contributed by atoms with Crippen molar-refractivity contribution in [3.05, 3.63) is 84.0 Å². The first-order valence-electron chi connectivity index (χ1n) is 13.1. The van der Waals surface area contributed by atoms with Crippen LogP contribution >= 0.6 is 0 Å². The Bertz CT molecular complexity index is 1450. The van der Waals surface area contributed by atoms with Crippen LogP contribution in [0.4, 0.5) is 4.39 Å². The van der Waals surface area contributed by atoms with E-state index in [0.29, 0.717) is 43.1 Å². The van der Waals surface area contributed by atoms with Crippen LogP contribution in [0.15, 0.2) is 61.2 Å². The summed E-state index contributed by atoms with van der Waals surface area (Å²) in [6.45, 7) is 7.13. The molecule has 0 aliphatic carbocycles. The third kappa shape index (κ3) is 5.73. The van der Waals surface area contributed by atoms with Crippen LogP contribution in [0.2, 0.25) is 0 Å². The van der Waals surface area contributed by atoms with E-state index in [9.17, 15) is 14.3 Å². The number of aryl methyl sites for hydroxylation is 1. The van der Waals surface area contributed by atoms with E-state index in [1.54, 1.807) is 35.6 Å². The van der Waals surface area contributed by atoms with Crippen LogP contribution in [0.5, 0.6) is 0 Å². The smallest absolute Gasteiger partial charge is 0.227 e. The second-order valence-corrected chi connectivity index (χ2v) is 11.2. The summed E-state index contributed by atoms with van der Waals surface area (Å²) in [5.41, 5.74) is 3.25. The standard InChI is InChI=1S/C30H33FN6O2/c1-29(2,3)25-18-33-24(17-34-25)28-35-26(19-36(28)4)30(39)11-13-37(14-12-30)27(38)15-20-5-10-23(32-16-20)21-6-8-22(31)9-7-21/h5-10,16-19,39H,11-15H2,1-4H3.